The number of hydrogen-bond acceptors (Lipinski definition) is 1. The van der Waals surface area contributed by atoms with Gasteiger partial charge in [-0.25, -0.2) is 0 Å². The normalized spacial score (nSPS) is 11.2. The molecule has 0 fully saturated rings. The molecule has 0 aliphatic heterocycles. The lowest BCUT2D eigenvalue weighted by molar-refractivity contribution is 1.14. The molecular weight excluding hydrogens is 359 g/mol. The molecule has 0 aliphatic rings. The average Bonchev–Trinajstić information content (AvgIpc) is 2.82. The van der Waals surface area contributed by atoms with Crippen molar-refractivity contribution in [2.24, 2.45) is 0 Å². The van der Waals surface area contributed by atoms with Crippen molar-refractivity contribution in [3.63, 3.8) is 0 Å². The van der Waals surface area contributed by atoms with E-state index in [1.807, 2.05) is 12.3 Å². The van der Waals surface area contributed by atoms with Crippen molar-refractivity contribution in [2.45, 2.75) is 0 Å². The molecule has 0 spiro atoms. The minimum atomic E-state index is 1.10. The van der Waals surface area contributed by atoms with Gasteiger partial charge in [-0.2, -0.15) is 0 Å². The lowest BCUT2D eigenvalue weighted by Gasteiger charge is -2.06. The summed E-state index contributed by atoms with van der Waals surface area (Å²) in [5, 5.41) is 2.57. The van der Waals surface area contributed by atoms with Crippen LogP contribution < -0.4 is 0 Å². The van der Waals surface area contributed by atoms with E-state index in [0.29, 0.717) is 0 Å². The maximum Gasteiger partial charge on any atom is 0.0645 e. The SMILES string of the molecule is Ic1ccc2c(c1)c1ccccc1n2-c1cccnc1. The first-order chi connectivity index (χ1) is 9.84. The summed E-state index contributed by atoms with van der Waals surface area (Å²) in [4.78, 5) is 4.25. The van der Waals surface area contributed by atoms with Gasteiger partial charge < -0.3 is 4.57 Å². The van der Waals surface area contributed by atoms with E-state index in [4.69, 9.17) is 0 Å². The van der Waals surface area contributed by atoms with Crippen LogP contribution in [0.5, 0.6) is 0 Å². The number of nitrogens with zero attached hydrogens (tertiary/aromatic N) is 2. The van der Waals surface area contributed by atoms with Crippen molar-refractivity contribution in [2.75, 3.05) is 0 Å². The highest BCUT2D eigenvalue weighted by atomic mass is 127. The lowest BCUT2D eigenvalue weighted by Crippen LogP contribution is -1.93. The Morgan fingerprint density at radius 1 is 0.850 bits per heavy atom. The highest BCUT2D eigenvalue weighted by molar-refractivity contribution is 14.1. The van der Waals surface area contributed by atoms with E-state index in [2.05, 4.69) is 80.7 Å². The Hall–Kier alpha value is -1.88. The predicted octanol–water partition coefficient (Wildman–Crippen LogP) is 4.78. The largest absolute Gasteiger partial charge is 0.308 e. The minimum Gasteiger partial charge on any atom is -0.308 e. The molecule has 0 unspecified atom stereocenters. The fourth-order valence-electron chi connectivity index (χ4n) is 2.71. The van der Waals surface area contributed by atoms with E-state index in [1.165, 1.54) is 25.4 Å². The second-order valence-corrected chi connectivity index (χ2v) is 5.97. The van der Waals surface area contributed by atoms with E-state index in [0.717, 1.165) is 5.69 Å². The summed E-state index contributed by atoms with van der Waals surface area (Å²) in [7, 11) is 0. The molecule has 2 nitrogen and oxygen atoms in total. The van der Waals surface area contributed by atoms with Crippen molar-refractivity contribution >= 4 is 44.4 Å². The Balaban J connectivity index is 2.22. The number of rotatable bonds is 1. The standard InChI is InChI=1S/C17H11IN2/c18-12-7-8-17-15(10-12)14-5-1-2-6-16(14)20(17)13-4-3-9-19-11-13/h1-11H. The van der Waals surface area contributed by atoms with E-state index < -0.39 is 0 Å². The van der Waals surface area contributed by atoms with Crippen LogP contribution in [0.15, 0.2) is 67.0 Å². The van der Waals surface area contributed by atoms with Gasteiger partial charge in [0.15, 0.2) is 0 Å². The van der Waals surface area contributed by atoms with Crippen LogP contribution in [0.1, 0.15) is 0 Å². The lowest BCUT2D eigenvalue weighted by atomic mass is 10.2. The molecule has 0 atom stereocenters. The Labute approximate surface area is 130 Å². The zero-order chi connectivity index (χ0) is 13.5. The van der Waals surface area contributed by atoms with E-state index >= 15 is 0 Å². The van der Waals surface area contributed by atoms with Gasteiger partial charge in [0.25, 0.3) is 0 Å². The summed E-state index contributed by atoms with van der Waals surface area (Å²) < 4.78 is 3.53. The fourth-order valence-corrected chi connectivity index (χ4v) is 3.20. The maximum absolute atomic E-state index is 4.25. The number of fused-ring (bicyclic) bond motifs is 3. The van der Waals surface area contributed by atoms with Gasteiger partial charge in [-0.15, -0.1) is 0 Å². The third-order valence-electron chi connectivity index (χ3n) is 3.54. The van der Waals surface area contributed by atoms with Crippen molar-refractivity contribution < 1.29 is 0 Å². The van der Waals surface area contributed by atoms with Crippen LogP contribution in [0.4, 0.5) is 0 Å². The number of pyridine rings is 1. The molecule has 3 heteroatoms. The number of para-hydroxylation sites is 1. The highest BCUT2D eigenvalue weighted by Crippen LogP contribution is 2.32. The number of aromatic nitrogens is 2. The first kappa shape index (κ1) is 11.9. The number of benzene rings is 2. The molecular formula is C17H11IN2. The molecule has 0 aliphatic carbocycles. The van der Waals surface area contributed by atoms with Crippen LogP contribution in [0, 0.1) is 3.57 Å². The Morgan fingerprint density at radius 3 is 2.55 bits per heavy atom. The quantitative estimate of drug-likeness (QED) is 0.441. The van der Waals surface area contributed by atoms with Crippen LogP contribution in [0.2, 0.25) is 0 Å². The van der Waals surface area contributed by atoms with E-state index in [1.54, 1.807) is 6.20 Å². The number of halogens is 1. The molecule has 0 saturated carbocycles. The van der Waals surface area contributed by atoms with Crippen LogP contribution in [-0.4, -0.2) is 9.55 Å². The van der Waals surface area contributed by atoms with Crippen LogP contribution in [0.3, 0.4) is 0 Å². The zero-order valence-corrected chi connectivity index (χ0v) is 12.8. The van der Waals surface area contributed by atoms with Gasteiger partial charge in [0.05, 0.1) is 22.9 Å². The summed E-state index contributed by atoms with van der Waals surface area (Å²) in [5.74, 6) is 0. The molecule has 20 heavy (non-hydrogen) atoms. The van der Waals surface area contributed by atoms with Gasteiger partial charge in [0.1, 0.15) is 0 Å². The van der Waals surface area contributed by atoms with Gasteiger partial charge >= 0.3 is 0 Å². The molecule has 2 aromatic heterocycles. The van der Waals surface area contributed by atoms with Crippen LogP contribution in [-0.2, 0) is 0 Å². The van der Waals surface area contributed by atoms with Gasteiger partial charge in [-0.1, -0.05) is 18.2 Å². The monoisotopic (exact) mass is 370 g/mol. The van der Waals surface area contributed by atoms with Crippen LogP contribution >= 0.6 is 22.6 Å². The Morgan fingerprint density at radius 2 is 1.70 bits per heavy atom. The third kappa shape index (κ3) is 1.73. The maximum atomic E-state index is 4.25. The van der Waals surface area contributed by atoms with E-state index in [-0.39, 0.29) is 0 Å². The van der Waals surface area contributed by atoms with Crippen molar-refractivity contribution in [3.8, 4) is 5.69 Å². The van der Waals surface area contributed by atoms with Crippen molar-refractivity contribution in [1.29, 1.82) is 0 Å². The van der Waals surface area contributed by atoms with Gasteiger partial charge in [-0.3, -0.25) is 4.98 Å². The summed E-state index contributed by atoms with van der Waals surface area (Å²) >= 11 is 2.36. The summed E-state index contributed by atoms with van der Waals surface area (Å²) in [6, 6.07) is 19.2. The second-order valence-electron chi connectivity index (χ2n) is 4.73. The summed E-state index contributed by atoms with van der Waals surface area (Å²) in [6.45, 7) is 0. The molecule has 4 aromatic rings. The molecule has 0 bridgehead atoms. The van der Waals surface area contributed by atoms with Gasteiger partial charge in [0.2, 0.25) is 0 Å². The van der Waals surface area contributed by atoms with Crippen molar-refractivity contribution in [3.05, 3.63) is 70.6 Å². The van der Waals surface area contributed by atoms with Gasteiger partial charge in [-0.05, 0) is 59.0 Å². The van der Waals surface area contributed by atoms with E-state index in [9.17, 15) is 0 Å². The molecule has 0 N–H and O–H groups in total. The summed E-state index contributed by atoms with van der Waals surface area (Å²) in [5.41, 5.74) is 3.54. The highest BCUT2D eigenvalue weighted by Gasteiger charge is 2.11. The molecule has 0 saturated heterocycles. The van der Waals surface area contributed by atoms with Gasteiger partial charge in [0, 0.05) is 20.5 Å². The molecule has 4 rings (SSSR count). The third-order valence-corrected chi connectivity index (χ3v) is 4.21. The topological polar surface area (TPSA) is 17.8 Å². The molecule has 96 valence electrons. The van der Waals surface area contributed by atoms with Crippen molar-refractivity contribution in [1.82, 2.24) is 9.55 Å². The zero-order valence-electron chi connectivity index (χ0n) is 10.6. The summed E-state index contributed by atoms with van der Waals surface area (Å²) in [6.07, 6.45) is 3.71. The molecule has 2 heterocycles. The first-order valence-electron chi connectivity index (χ1n) is 6.44. The molecule has 0 amide bonds. The Kier molecular flexibility index (Phi) is 2.73. The van der Waals surface area contributed by atoms with Crippen LogP contribution in [0.25, 0.3) is 27.5 Å². The fraction of sp³-hybridized carbons (Fsp3) is 0. The Bertz CT molecular complexity index is 910. The molecule has 2 aromatic carbocycles. The molecule has 0 radical (unpaired) electrons. The predicted molar refractivity (Wildman–Crippen MR) is 91.3 cm³/mol. The first-order valence-corrected chi connectivity index (χ1v) is 7.51. The second kappa shape index (κ2) is 4.59. The average molecular weight is 370 g/mol. The minimum absolute atomic E-state index is 1.10. The number of hydrogen-bond donors (Lipinski definition) is 0. The smallest absolute Gasteiger partial charge is 0.0645 e.